The maximum absolute atomic E-state index is 13.4. The molecule has 0 aliphatic carbocycles. The quantitative estimate of drug-likeness (QED) is 0.349. The highest BCUT2D eigenvalue weighted by Gasteiger charge is 2.24. The zero-order chi connectivity index (χ0) is 27.3. The van der Waals surface area contributed by atoms with Crippen LogP contribution in [0.4, 0.5) is 11.4 Å². The third-order valence-corrected chi connectivity index (χ3v) is 7.92. The molecular formula is C32H46N4O3. The summed E-state index contributed by atoms with van der Waals surface area (Å²) in [5, 5.41) is 6.16. The van der Waals surface area contributed by atoms with Crippen LogP contribution in [0.15, 0.2) is 48.5 Å². The van der Waals surface area contributed by atoms with Crippen LogP contribution in [0, 0.1) is 5.92 Å². The lowest BCUT2D eigenvalue weighted by Gasteiger charge is -2.35. The number of morpholine rings is 1. The second kappa shape index (κ2) is 15.6. The van der Waals surface area contributed by atoms with Gasteiger partial charge in [-0.1, -0.05) is 56.5 Å². The van der Waals surface area contributed by atoms with Crippen LogP contribution in [0.2, 0.25) is 0 Å². The molecule has 2 aliphatic heterocycles. The second-order valence-electron chi connectivity index (χ2n) is 10.9. The fraction of sp³-hybridized carbons (Fsp3) is 0.562. The van der Waals surface area contributed by atoms with Crippen LogP contribution >= 0.6 is 0 Å². The highest BCUT2D eigenvalue weighted by atomic mass is 16.5. The van der Waals surface area contributed by atoms with Crippen molar-refractivity contribution >= 4 is 23.2 Å². The van der Waals surface area contributed by atoms with Crippen LogP contribution in [0.1, 0.15) is 67.8 Å². The largest absolute Gasteiger partial charge is 0.379 e. The molecule has 212 valence electrons. The molecule has 0 radical (unpaired) electrons. The predicted octanol–water partition coefficient (Wildman–Crippen LogP) is 5.12. The first-order valence-corrected chi connectivity index (χ1v) is 14.9. The fourth-order valence-electron chi connectivity index (χ4n) is 5.58. The molecule has 2 aliphatic rings. The van der Waals surface area contributed by atoms with Gasteiger partial charge < -0.3 is 20.3 Å². The minimum Gasteiger partial charge on any atom is -0.379 e. The van der Waals surface area contributed by atoms with Crippen molar-refractivity contribution in [1.29, 1.82) is 0 Å². The predicted molar refractivity (Wildman–Crippen MR) is 159 cm³/mol. The molecule has 0 spiro atoms. The van der Waals surface area contributed by atoms with Crippen molar-refractivity contribution in [2.24, 2.45) is 5.92 Å². The molecule has 7 heteroatoms. The Balaban J connectivity index is 1.39. The van der Waals surface area contributed by atoms with Gasteiger partial charge in [0, 0.05) is 57.1 Å². The number of rotatable bonds is 13. The topological polar surface area (TPSA) is 73.9 Å². The van der Waals surface area contributed by atoms with Gasteiger partial charge in [0.25, 0.3) is 5.91 Å². The van der Waals surface area contributed by atoms with Crippen molar-refractivity contribution in [1.82, 2.24) is 10.2 Å². The third-order valence-electron chi connectivity index (χ3n) is 7.92. The first kappa shape index (κ1) is 29.1. The standard InChI is InChI=1S/C32H46N4O3/c1-2-3-4-8-11-31(37)34-28-12-13-30(29(25-28)32(38)33-16-19-35-20-22-39-23-21-35)36-17-14-27(15-18-36)24-26-9-6-5-7-10-26/h5-7,9-10,12-13,25,27H,2-4,8,11,14-24H2,1H3,(H,33,38)(H,34,37). The Morgan fingerprint density at radius 3 is 2.46 bits per heavy atom. The van der Waals surface area contributed by atoms with Crippen LogP contribution in [0.3, 0.4) is 0 Å². The van der Waals surface area contributed by atoms with E-state index in [1.54, 1.807) is 0 Å². The van der Waals surface area contributed by atoms with E-state index in [1.165, 1.54) is 5.56 Å². The van der Waals surface area contributed by atoms with E-state index in [0.717, 1.165) is 96.6 Å². The molecule has 2 N–H and O–H groups in total. The Bertz CT molecular complexity index is 1030. The number of piperidine rings is 1. The van der Waals surface area contributed by atoms with E-state index < -0.39 is 0 Å². The summed E-state index contributed by atoms with van der Waals surface area (Å²) in [5.41, 5.74) is 3.68. The van der Waals surface area contributed by atoms with Gasteiger partial charge in [-0.3, -0.25) is 14.5 Å². The molecule has 2 amide bonds. The second-order valence-corrected chi connectivity index (χ2v) is 10.9. The van der Waals surface area contributed by atoms with E-state index in [9.17, 15) is 9.59 Å². The maximum Gasteiger partial charge on any atom is 0.253 e. The Hall–Kier alpha value is -2.90. The van der Waals surface area contributed by atoms with Crippen LogP contribution in [0.25, 0.3) is 0 Å². The smallest absolute Gasteiger partial charge is 0.253 e. The molecule has 0 saturated carbocycles. The van der Waals surface area contributed by atoms with Gasteiger partial charge in [-0.15, -0.1) is 0 Å². The highest BCUT2D eigenvalue weighted by molar-refractivity contribution is 6.02. The molecule has 4 rings (SSSR count). The summed E-state index contributed by atoms with van der Waals surface area (Å²) in [6.07, 6.45) is 8.08. The zero-order valence-corrected chi connectivity index (χ0v) is 23.6. The van der Waals surface area contributed by atoms with Gasteiger partial charge in [-0.2, -0.15) is 0 Å². The fourth-order valence-corrected chi connectivity index (χ4v) is 5.58. The van der Waals surface area contributed by atoms with E-state index in [2.05, 4.69) is 57.7 Å². The Kier molecular flexibility index (Phi) is 11.7. The van der Waals surface area contributed by atoms with Gasteiger partial charge in [0.05, 0.1) is 18.8 Å². The van der Waals surface area contributed by atoms with Crippen molar-refractivity contribution in [2.45, 2.75) is 58.3 Å². The number of carbonyl (C=O) groups is 2. The molecule has 0 bridgehead atoms. The average Bonchev–Trinajstić information content (AvgIpc) is 2.97. The van der Waals surface area contributed by atoms with Crippen molar-refractivity contribution in [3.63, 3.8) is 0 Å². The third kappa shape index (κ3) is 9.36. The lowest BCUT2D eigenvalue weighted by Crippen LogP contribution is -2.41. The van der Waals surface area contributed by atoms with E-state index in [-0.39, 0.29) is 11.8 Å². The summed E-state index contributed by atoms with van der Waals surface area (Å²) in [4.78, 5) is 30.6. The number of ether oxygens (including phenoxy) is 1. The van der Waals surface area contributed by atoms with Crippen molar-refractivity contribution in [3.8, 4) is 0 Å². The van der Waals surface area contributed by atoms with Gasteiger partial charge >= 0.3 is 0 Å². The molecule has 0 atom stereocenters. The molecule has 2 aromatic rings. The van der Waals surface area contributed by atoms with Gasteiger partial charge in [0.1, 0.15) is 0 Å². The summed E-state index contributed by atoms with van der Waals surface area (Å²) < 4.78 is 5.43. The molecule has 2 fully saturated rings. The van der Waals surface area contributed by atoms with Gasteiger partial charge in [-0.25, -0.2) is 0 Å². The van der Waals surface area contributed by atoms with E-state index in [1.807, 2.05) is 18.2 Å². The number of nitrogens with one attached hydrogen (secondary N) is 2. The number of anilines is 2. The summed E-state index contributed by atoms with van der Waals surface area (Å²) in [7, 11) is 0. The van der Waals surface area contributed by atoms with Crippen LogP contribution in [0.5, 0.6) is 0 Å². The molecular weight excluding hydrogens is 488 g/mol. The molecule has 7 nitrogen and oxygen atoms in total. The first-order chi connectivity index (χ1) is 19.1. The van der Waals surface area contributed by atoms with Crippen molar-refractivity contribution in [2.75, 3.05) is 62.7 Å². The Morgan fingerprint density at radius 1 is 0.949 bits per heavy atom. The monoisotopic (exact) mass is 534 g/mol. The number of hydrogen-bond acceptors (Lipinski definition) is 5. The number of carbonyl (C=O) groups excluding carboxylic acids is 2. The van der Waals surface area contributed by atoms with Crippen LogP contribution in [-0.2, 0) is 16.0 Å². The number of hydrogen-bond donors (Lipinski definition) is 2. The summed E-state index contributed by atoms with van der Waals surface area (Å²) in [6.45, 7) is 8.72. The lowest BCUT2D eigenvalue weighted by molar-refractivity contribution is -0.116. The molecule has 0 unspecified atom stereocenters. The van der Waals surface area contributed by atoms with E-state index in [0.29, 0.717) is 30.1 Å². The maximum atomic E-state index is 13.4. The van der Waals surface area contributed by atoms with Crippen LogP contribution in [-0.4, -0.2) is 69.2 Å². The minimum absolute atomic E-state index is 0.0132. The SMILES string of the molecule is CCCCCCC(=O)Nc1ccc(N2CCC(Cc3ccccc3)CC2)c(C(=O)NCCN2CCOCC2)c1. The molecule has 2 saturated heterocycles. The summed E-state index contributed by atoms with van der Waals surface area (Å²) in [6, 6.07) is 16.5. The number of unbranched alkanes of at least 4 members (excludes halogenated alkanes) is 3. The van der Waals surface area contributed by atoms with Gasteiger partial charge in [0.15, 0.2) is 0 Å². The average molecular weight is 535 g/mol. The highest BCUT2D eigenvalue weighted by Crippen LogP contribution is 2.30. The molecule has 39 heavy (non-hydrogen) atoms. The summed E-state index contributed by atoms with van der Waals surface area (Å²) in [5.74, 6) is 0.587. The van der Waals surface area contributed by atoms with Gasteiger partial charge in [0.2, 0.25) is 5.91 Å². The van der Waals surface area contributed by atoms with Crippen molar-refractivity contribution in [3.05, 3.63) is 59.7 Å². The first-order valence-electron chi connectivity index (χ1n) is 14.9. The van der Waals surface area contributed by atoms with Crippen molar-refractivity contribution < 1.29 is 14.3 Å². The minimum atomic E-state index is -0.0799. The number of amides is 2. The summed E-state index contributed by atoms with van der Waals surface area (Å²) >= 11 is 0. The molecule has 2 aromatic carbocycles. The Morgan fingerprint density at radius 2 is 1.72 bits per heavy atom. The van der Waals surface area contributed by atoms with E-state index in [4.69, 9.17) is 4.74 Å². The molecule has 0 aromatic heterocycles. The lowest BCUT2D eigenvalue weighted by atomic mass is 9.89. The zero-order valence-electron chi connectivity index (χ0n) is 23.6. The van der Waals surface area contributed by atoms with Crippen LogP contribution < -0.4 is 15.5 Å². The Labute approximate surface area is 234 Å². The molecule has 2 heterocycles. The normalized spacial score (nSPS) is 16.7. The number of benzene rings is 2. The number of nitrogens with zero attached hydrogens (tertiary/aromatic N) is 2. The van der Waals surface area contributed by atoms with E-state index >= 15 is 0 Å². The van der Waals surface area contributed by atoms with Gasteiger partial charge in [-0.05, 0) is 55.4 Å².